The number of fused-ring (bicyclic) bond motifs is 4. The Hall–Kier alpha value is -3.02. The Morgan fingerprint density at radius 3 is 2.84 bits per heavy atom. The van der Waals surface area contributed by atoms with Crippen molar-refractivity contribution < 1.29 is 14.3 Å². The molecule has 5 rings (SSSR count). The van der Waals surface area contributed by atoms with E-state index in [-0.39, 0.29) is 19.1 Å². The number of guanidine groups is 1. The number of anilines is 2. The monoisotopic (exact) mass is 335 g/mol. The summed E-state index contributed by atoms with van der Waals surface area (Å²) in [6, 6.07) is 13.5. The van der Waals surface area contributed by atoms with Crippen molar-refractivity contribution in [3.8, 4) is 11.5 Å². The van der Waals surface area contributed by atoms with Crippen LogP contribution in [-0.4, -0.2) is 38.2 Å². The van der Waals surface area contributed by atoms with E-state index in [4.69, 9.17) is 9.47 Å². The summed E-state index contributed by atoms with van der Waals surface area (Å²) in [6.45, 7) is 2.20. The maximum atomic E-state index is 12.9. The van der Waals surface area contributed by atoms with Crippen molar-refractivity contribution in [2.24, 2.45) is 4.99 Å². The number of rotatable bonds is 3. The first-order valence-electron chi connectivity index (χ1n) is 8.43. The van der Waals surface area contributed by atoms with Gasteiger partial charge in [-0.05, 0) is 36.8 Å². The average Bonchev–Trinajstić information content (AvgIpc) is 3.25. The summed E-state index contributed by atoms with van der Waals surface area (Å²) in [4.78, 5) is 21.8. The first-order valence-corrected chi connectivity index (χ1v) is 8.43. The van der Waals surface area contributed by atoms with Crippen molar-refractivity contribution in [1.29, 1.82) is 0 Å². The molecular formula is C19H17N3O3. The molecule has 0 N–H and O–H groups in total. The van der Waals surface area contributed by atoms with Gasteiger partial charge in [-0.3, -0.25) is 9.79 Å². The van der Waals surface area contributed by atoms with Gasteiger partial charge in [0, 0.05) is 18.7 Å². The molecule has 126 valence electrons. The van der Waals surface area contributed by atoms with Gasteiger partial charge >= 0.3 is 0 Å². The van der Waals surface area contributed by atoms with Crippen LogP contribution in [0.4, 0.5) is 11.4 Å². The Labute approximate surface area is 145 Å². The van der Waals surface area contributed by atoms with E-state index in [9.17, 15) is 4.79 Å². The fraction of sp³-hybridized carbons (Fsp3) is 0.263. The van der Waals surface area contributed by atoms with Gasteiger partial charge in [0.05, 0.1) is 17.9 Å². The first-order chi connectivity index (χ1) is 12.3. The van der Waals surface area contributed by atoms with Crippen molar-refractivity contribution in [3.05, 3.63) is 48.0 Å². The smallest absolute Gasteiger partial charge is 0.231 e. The van der Waals surface area contributed by atoms with E-state index in [0.29, 0.717) is 17.1 Å². The SMILES string of the molecule is O=C(CN1C2=NCCCN2c2ccccc21)c1ccc2c(c1)OCO2. The zero-order valence-corrected chi connectivity index (χ0v) is 13.6. The van der Waals surface area contributed by atoms with Crippen molar-refractivity contribution in [2.75, 3.05) is 36.2 Å². The van der Waals surface area contributed by atoms with Crippen LogP contribution < -0.4 is 19.3 Å². The molecule has 0 atom stereocenters. The predicted molar refractivity (Wildman–Crippen MR) is 94.9 cm³/mol. The summed E-state index contributed by atoms with van der Waals surface area (Å²) in [5.41, 5.74) is 2.79. The zero-order valence-electron chi connectivity index (χ0n) is 13.6. The molecule has 6 heteroatoms. The molecular weight excluding hydrogens is 318 g/mol. The number of hydrogen-bond acceptors (Lipinski definition) is 6. The highest BCUT2D eigenvalue weighted by Gasteiger charge is 2.35. The van der Waals surface area contributed by atoms with Gasteiger partial charge < -0.3 is 19.3 Å². The Balaban J connectivity index is 1.47. The van der Waals surface area contributed by atoms with Crippen LogP contribution in [0.1, 0.15) is 16.8 Å². The molecule has 3 aliphatic rings. The second-order valence-electron chi connectivity index (χ2n) is 6.25. The Kier molecular flexibility index (Phi) is 3.16. The van der Waals surface area contributed by atoms with Crippen LogP contribution >= 0.6 is 0 Å². The number of aliphatic imine (C=N–C) groups is 1. The van der Waals surface area contributed by atoms with Crippen LogP contribution in [-0.2, 0) is 0 Å². The Morgan fingerprint density at radius 1 is 1.08 bits per heavy atom. The number of carbonyl (C=O) groups excluding carboxylic acids is 1. The summed E-state index contributed by atoms with van der Waals surface area (Å²) in [5, 5.41) is 0. The van der Waals surface area contributed by atoms with Crippen LogP contribution in [0.3, 0.4) is 0 Å². The maximum absolute atomic E-state index is 12.9. The number of benzene rings is 2. The largest absolute Gasteiger partial charge is 0.454 e. The molecule has 3 heterocycles. The zero-order chi connectivity index (χ0) is 16.8. The minimum absolute atomic E-state index is 0.0308. The van der Waals surface area contributed by atoms with E-state index in [1.807, 2.05) is 23.1 Å². The van der Waals surface area contributed by atoms with Crippen molar-refractivity contribution >= 4 is 23.1 Å². The molecule has 0 unspecified atom stereocenters. The minimum atomic E-state index is 0.0308. The molecule has 0 radical (unpaired) electrons. The first kappa shape index (κ1) is 14.3. The number of para-hydroxylation sites is 2. The topological polar surface area (TPSA) is 54.4 Å². The highest BCUT2D eigenvalue weighted by Crippen LogP contribution is 2.38. The van der Waals surface area contributed by atoms with Crippen LogP contribution in [0, 0.1) is 0 Å². The number of nitrogens with zero attached hydrogens (tertiary/aromatic N) is 3. The average molecular weight is 335 g/mol. The lowest BCUT2D eigenvalue weighted by molar-refractivity contribution is 0.100. The number of carbonyl (C=O) groups is 1. The Bertz CT molecular complexity index is 893. The molecule has 25 heavy (non-hydrogen) atoms. The number of ketones is 1. The van der Waals surface area contributed by atoms with Gasteiger partial charge in [-0.1, -0.05) is 12.1 Å². The third-order valence-electron chi connectivity index (χ3n) is 4.74. The molecule has 0 saturated heterocycles. The fourth-order valence-electron chi connectivity index (χ4n) is 3.54. The molecule has 2 aromatic carbocycles. The fourth-order valence-corrected chi connectivity index (χ4v) is 3.54. The van der Waals surface area contributed by atoms with E-state index in [1.165, 1.54) is 0 Å². The molecule has 0 amide bonds. The van der Waals surface area contributed by atoms with Crippen LogP contribution in [0.5, 0.6) is 11.5 Å². The van der Waals surface area contributed by atoms with Gasteiger partial charge in [0.25, 0.3) is 0 Å². The minimum Gasteiger partial charge on any atom is -0.454 e. The highest BCUT2D eigenvalue weighted by atomic mass is 16.7. The molecule has 0 aromatic heterocycles. The van der Waals surface area contributed by atoms with E-state index < -0.39 is 0 Å². The van der Waals surface area contributed by atoms with E-state index in [1.54, 1.807) is 18.2 Å². The van der Waals surface area contributed by atoms with Gasteiger partial charge in [0.1, 0.15) is 0 Å². The molecule has 0 aliphatic carbocycles. The molecule has 0 bridgehead atoms. The summed E-state index contributed by atoms with van der Waals surface area (Å²) < 4.78 is 10.7. The molecule has 3 aliphatic heterocycles. The lowest BCUT2D eigenvalue weighted by atomic mass is 10.1. The summed E-state index contributed by atoms with van der Waals surface area (Å²) in [7, 11) is 0. The molecule has 0 spiro atoms. The van der Waals surface area contributed by atoms with Gasteiger partial charge in [-0.2, -0.15) is 0 Å². The van der Waals surface area contributed by atoms with Gasteiger partial charge in [0.15, 0.2) is 17.3 Å². The van der Waals surface area contributed by atoms with Crippen molar-refractivity contribution in [2.45, 2.75) is 6.42 Å². The third kappa shape index (κ3) is 2.25. The third-order valence-corrected chi connectivity index (χ3v) is 4.74. The van der Waals surface area contributed by atoms with E-state index in [0.717, 1.165) is 36.8 Å². The highest BCUT2D eigenvalue weighted by molar-refractivity contribution is 6.19. The standard InChI is InChI=1S/C19H17N3O3/c23-16(13-6-7-17-18(10-13)25-12-24-17)11-22-15-5-2-1-4-14(15)21-9-3-8-20-19(21)22/h1-2,4-7,10H,3,8-9,11-12H2. The van der Waals surface area contributed by atoms with Gasteiger partial charge in [0.2, 0.25) is 12.8 Å². The lowest BCUT2D eigenvalue weighted by Crippen LogP contribution is -2.43. The molecule has 2 aromatic rings. The summed E-state index contributed by atoms with van der Waals surface area (Å²) >= 11 is 0. The lowest BCUT2D eigenvalue weighted by Gasteiger charge is -2.26. The number of hydrogen-bond donors (Lipinski definition) is 0. The van der Waals surface area contributed by atoms with Gasteiger partial charge in [-0.25, -0.2) is 0 Å². The normalized spacial score (nSPS) is 17.2. The van der Waals surface area contributed by atoms with Crippen molar-refractivity contribution in [1.82, 2.24) is 0 Å². The van der Waals surface area contributed by atoms with Gasteiger partial charge in [-0.15, -0.1) is 0 Å². The van der Waals surface area contributed by atoms with Crippen molar-refractivity contribution in [3.63, 3.8) is 0 Å². The van der Waals surface area contributed by atoms with Crippen LogP contribution in [0.15, 0.2) is 47.5 Å². The predicted octanol–water partition coefficient (Wildman–Crippen LogP) is 2.68. The van der Waals surface area contributed by atoms with Crippen LogP contribution in [0.2, 0.25) is 0 Å². The number of ether oxygens (including phenoxy) is 2. The summed E-state index contributed by atoms with van der Waals surface area (Å²) in [6.07, 6.45) is 1.03. The molecule has 0 saturated carbocycles. The summed E-state index contributed by atoms with van der Waals surface area (Å²) in [5.74, 6) is 2.22. The molecule has 0 fully saturated rings. The number of Topliss-reactive ketones (excluding diaryl/α,β-unsaturated/α-hetero) is 1. The second-order valence-corrected chi connectivity index (χ2v) is 6.25. The van der Waals surface area contributed by atoms with E-state index in [2.05, 4.69) is 16.0 Å². The van der Waals surface area contributed by atoms with E-state index >= 15 is 0 Å². The molecule has 6 nitrogen and oxygen atoms in total. The van der Waals surface area contributed by atoms with Crippen LogP contribution in [0.25, 0.3) is 0 Å². The quantitative estimate of drug-likeness (QED) is 0.807. The second kappa shape index (κ2) is 5.51. The Morgan fingerprint density at radius 2 is 1.92 bits per heavy atom. The maximum Gasteiger partial charge on any atom is 0.231 e.